The number of benzene rings is 2. The normalized spacial score (nSPS) is 15.6. The molecule has 1 aromatic heterocycles. The van der Waals surface area contributed by atoms with Crippen LogP contribution in [0.15, 0.2) is 54.9 Å². The van der Waals surface area contributed by atoms with Gasteiger partial charge in [-0.1, -0.05) is 24.3 Å². The second kappa shape index (κ2) is 9.04. The largest absolute Gasteiger partial charge is 0.382 e. The molecule has 2 heterocycles. The third-order valence-electron chi connectivity index (χ3n) is 5.82. The van der Waals surface area contributed by atoms with Gasteiger partial charge in [-0.15, -0.1) is 0 Å². The van der Waals surface area contributed by atoms with Crippen LogP contribution in [-0.4, -0.2) is 43.1 Å². The molecule has 0 unspecified atom stereocenters. The number of piperidine rings is 1. The lowest BCUT2D eigenvalue weighted by molar-refractivity contribution is 0.332. The predicted molar refractivity (Wildman–Crippen MR) is 124 cm³/mol. The minimum Gasteiger partial charge on any atom is -0.382 e. The van der Waals surface area contributed by atoms with Gasteiger partial charge < -0.3 is 5.32 Å². The molecule has 0 bridgehead atoms. The van der Waals surface area contributed by atoms with E-state index in [1.807, 2.05) is 18.3 Å². The maximum atomic E-state index is 11.8. The number of anilines is 1. The van der Waals surface area contributed by atoms with Gasteiger partial charge in [0.15, 0.2) is 0 Å². The van der Waals surface area contributed by atoms with Crippen LogP contribution >= 0.6 is 0 Å². The van der Waals surface area contributed by atoms with Gasteiger partial charge in [0.2, 0.25) is 10.0 Å². The Labute approximate surface area is 183 Å². The molecule has 4 rings (SSSR count). The van der Waals surface area contributed by atoms with Crippen LogP contribution in [0.25, 0.3) is 21.9 Å². The molecule has 0 spiro atoms. The van der Waals surface area contributed by atoms with Gasteiger partial charge in [0.05, 0.1) is 12.3 Å². The van der Waals surface area contributed by atoms with Crippen LogP contribution in [0.3, 0.4) is 0 Å². The van der Waals surface area contributed by atoms with Gasteiger partial charge in [-0.25, -0.2) is 12.7 Å². The molecule has 1 saturated heterocycles. The van der Waals surface area contributed by atoms with Crippen molar-refractivity contribution in [2.75, 3.05) is 24.7 Å². The number of hydrogen-bond donors (Lipinski definition) is 1. The van der Waals surface area contributed by atoms with Crippen molar-refractivity contribution >= 4 is 26.5 Å². The van der Waals surface area contributed by atoms with Crippen molar-refractivity contribution in [3.05, 3.63) is 60.4 Å². The third-order valence-corrected chi connectivity index (χ3v) is 7.13. The number of nitriles is 1. The number of rotatable bonds is 6. The van der Waals surface area contributed by atoms with Crippen LogP contribution < -0.4 is 5.32 Å². The summed E-state index contributed by atoms with van der Waals surface area (Å²) in [5.41, 5.74) is 4.38. The molecule has 1 aliphatic rings. The summed E-state index contributed by atoms with van der Waals surface area (Å²) in [6, 6.07) is 17.1. The number of nitrogens with one attached hydrogen (secondary N) is 1. The van der Waals surface area contributed by atoms with Crippen LogP contribution in [-0.2, 0) is 16.4 Å². The SMILES string of the molecule is CS(=O)(=O)N1CCC(Nc2cc(-c3cccc(CCC#N)c3)cc3ccncc23)CC1. The molecular formula is C24H26N4O2S. The first-order valence-corrected chi connectivity index (χ1v) is 12.3. The Hall–Kier alpha value is -2.95. The zero-order valence-corrected chi connectivity index (χ0v) is 18.4. The lowest BCUT2D eigenvalue weighted by atomic mass is 9.97. The van der Waals surface area contributed by atoms with Gasteiger partial charge in [0.25, 0.3) is 0 Å². The molecule has 1 aliphatic heterocycles. The summed E-state index contributed by atoms with van der Waals surface area (Å²) in [7, 11) is -3.14. The van der Waals surface area contributed by atoms with Crippen molar-refractivity contribution < 1.29 is 8.42 Å². The second-order valence-corrected chi connectivity index (χ2v) is 10.0. The number of fused-ring (bicyclic) bond motifs is 1. The van der Waals surface area contributed by atoms with E-state index in [1.54, 1.807) is 10.5 Å². The van der Waals surface area contributed by atoms with Gasteiger partial charge >= 0.3 is 0 Å². The van der Waals surface area contributed by atoms with Gasteiger partial charge in [0.1, 0.15) is 0 Å². The van der Waals surface area contributed by atoms with E-state index in [-0.39, 0.29) is 6.04 Å². The highest BCUT2D eigenvalue weighted by molar-refractivity contribution is 7.88. The Morgan fingerprint density at radius 1 is 1.16 bits per heavy atom. The van der Waals surface area contributed by atoms with E-state index in [1.165, 1.54) is 6.26 Å². The van der Waals surface area contributed by atoms with Crippen LogP contribution in [0.5, 0.6) is 0 Å². The molecule has 0 aliphatic carbocycles. The Bertz CT molecular complexity index is 1230. The monoisotopic (exact) mass is 434 g/mol. The van der Waals surface area contributed by atoms with Crippen molar-refractivity contribution in [2.45, 2.75) is 31.7 Å². The van der Waals surface area contributed by atoms with Crippen LogP contribution in [0.2, 0.25) is 0 Å². The summed E-state index contributed by atoms with van der Waals surface area (Å²) in [5, 5.41) is 14.7. The summed E-state index contributed by atoms with van der Waals surface area (Å²) >= 11 is 0. The van der Waals surface area contributed by atoms with Gasteiger partial charge in [-0.3, -0.25) is 4.98 Å². The Morgan fingerprint density at radius 2 is 1.97 bits per heavy atom. The van der Waals surface area contributed by atoms with Crippen molar-refractivity contribution in [2.24, 2.45) is 0 Å². The Morgan fingerprint density at radius 3 is 2.71 bits per heavy atom. The highest BCUT2D eigenvalue weighted by atomic mass is 32.2. The molecule has 31 heavy (non-hydrogen) atoms. The zero-order valence-electron chi connectivity index (χ0n) is 17.6. The second-order valence-electron chi connectivity index (χ2n) is 8.06. The molecule has 1 fully saturated rings. The smallest absolute Gasteiger partial charge is 0.211 e. The van der Waals surface area contributed by atoms with Gasteiger partial charge in [-0.05, 0) is 59.5 Å². The predicted octanol–water partition coefficient (Wildman–Crippen LogP) is 4.19. The van der Waals surface area contributed by atoms with E-state index >= 15 is 0 Å². The minimum absolute atomic E-state index is 0.207. The fraction of sp³-hybridized carbons (Fsp3) is 0.333. The van der Waals surface area contributed by atoms with Crippen molar-refractivity contribution in [3.8, 4) is 17.2 Å². The maximum absolute atomic E-state index is 11.8. The Balaban J connectivity index is 1.63. The molecule has 0 amide bonds. The topological polar surface area (TPSA) is 86.1 Å². The molecule has 160 valence electrons. The quantitative estimate of drug-likeness (QED) is 0.629. The molecule has 3 aromatic rings. The van der Waals surface area contributed by atoms with Crippen molar-refractivity contribution in [3.63, 3.8) is 0 Å². The van der Waals surface area contributed by atoms with E-state index < -0.39 is 10.0 Å². The number of aromatic nitrogens is 1. The summed E-state index contributed by atoms with van der Waals surface area (Å²) in [4.78, 5) is 4.30. The number of hydrogen-bond acceptors (Lipinski definition) is 5. The molecule has 0 radical (unpaired) electrons. The van der Waals surface area contributed by atoms with E-state index in [0.29, 0.717) is 19.5 Å². The van der Waals surface area contributed by atoms with E-state index in [0.717, 1.165) is 52.4 Å². The number of nitrogens with zero attached hydrogens (tertiary/aromatic N) is 3. The maximum Gasteiger partial charge on any atom is 0.211 e. The Kier molecular flexibility index (Phi) is 6.21. The number of sulfonamides is 1. The summed E-state index contributed by atoms with van der Waals surface area (Å²) in [5.74, 6) is 0. The highest BCUT2D eigenvalue weighted by Gasteiger charge is 2.25. The number of aryl methyl sites for hydroxylation is 1. The van der Waals surface area contributed by atoms with Gasteiger partial charge in [0, 0.05) is 49.0 Å². The molecule has 6 nitrogen and oxygen atoms in total. The summed E-state index contributed by atoms with van der Waals surface area (Å²) < 4.78 is 25.2. The standard InChI is InChI=1S/C24H26N4O2S/c1-31(29,30)28-12-8-22(9-13-28)27-24-16-21(15-20-7-11-26-17-23(20)24)19-6-2-4-18(14-19)5-3-10-25/h2,4,6-7,11,14-17,22,27H,3,5,8-9,12-13H2,1H3. The fourth-order valence-electron chi connectivity index (χ4n) is 4.14. The average Bonchev–Trinajstić information content (AvgIpc) is 2.77. The van der Waals surface area contributed by atoms with Crippen molar-refractivity contribution in [1.82, 2.24) is 9.29 Å². The summed E-state index contributed by atoms with van der Waals surface area (Å²) in [6.07, 6.45) is 7.72. The summed E-state index contributed by atoms with van der Waals surface area (Å²) in [6.45, 7) is 1.07. The van der Waals surface area contributed by atoms with Crippen molar-refractivity contribution in [1.29, 1.82) is 5.26 Å². The highest BCUT2D eigenvalue weighted by Crippen LogP contribution is 2.32. The minimum atomic E-state index is -3.14. The molecule has 7 heteroatoms. The first-order valence-electron chi connectivity index (χ1n) is 10.5. The molecular weight excluding hydrogens is 408 g/mol. The first kappa shape index (κ1) is 21.3. The lowest BCUT2D eigenvalue weighted by Crippen LogP contribution is -2.41. The molecule has 0 saturated carbocycles. The third kappa shape index (κ3) is 5.04. The molecule has 2 aromatic carbocycles. The average molecular weight is 435 g/mol. The molecule has 1 N–H and O–H groups in total. The van der Waals surface area contributed by atoms with E-state index in [2.05, 4.69) is 46.7 Å². The molecule has 0 atom stereocenters. The van der Waals surface area contributed by atoms with Gasteiger partial charge in [-0.2, -0.15) is 5.26 Å². The van der Waals surface area contributed by atoms with Crippen LogP contribution in [0.1, 0.15) is 24.8 Å². The fourth-order valence-corrected chi connectivity index (χ4v) is 5.02. The zero-order chi connectivity index (χ0) is 21.8. The number of pyridine rings is 1. The van der Waals surface area contributed by atoms with Crippen LogP contribution in [0.4, 0.5) is 5.69 Å². The van der Waals surface area contributed by atoms with E-state index in [9.17, 15) is 8.42 Å². The van der Waals surface area contributed by atoms with Crippen LogP contribution in [0, 0.1) is 11.3 Å². The van der Waals surface area contributed by atoms with E-state index in [4.69, 9.17) is 5.26 Å². The first-order chi connectivity index (χ1) is 14.9. The lowest BCUT2D eigenvalue weighted by Gasteiger charge is -2.31.